The van der Waals surface area contributed by atoms with Crippen LogP contribution in [0.15, 0.2) is 48.5 Å². The maximum absolute atomic E-state index is 6.20. The average Bonchev–Trinajstić information content (AvgIpc) is 2.61. The van der Waals surface area contributed by atoms with Gasteiger partial charge in [-0.2, -0.15) is 0 Å². The van der Waals surface area contributed by atoms with E-state index in [1.807, 2.05) is 57.3 Å². The minimum atomic E-state index is -0.00827. The molecule has 24 heavy (non-hydrogen) atoms. The predicted molar refractivity (Wildman–Crippen MR) is 97.1 cm³/mol. The van der Waals surface area contributed by atoms with Gasteiger partial charge in [-0.1, -0.05) is 12.1 Å². The highest BCUT2D eigenvalue weighted by Crippen LogP contribution is 2.27. The molecule has 4 heteroatoms. The van der Waals surface area contributed by atoms with Crippen molar-refractivity contribution in [1.82, 2.24) is 5.32 Å². The Balaban J connectivity index is 2.09. The molecular formula is C20H27NO3. The van der Waals surface area contributed by atoms with Crippen LogP contribution in [-0.4, -0.2) is 26.8 Å². The van der Waals surface area contributed by atoms with Crippen molar-refractivity contribution in [2.45, 2.75) is 26.4 Å². The lowest BCUT2D eigenvalue weighted by Gasteiger charge is -2.20. The fraction of sp³-hybridized carbons (Fsp3) is 0.400. The third-order valence-corrected chi connectivity index (χ3v) is 3.63. The molecule has 4 nitrogen and oxygen atoms in total. The van der Waals surface area contributed by atoms with Gasteiger partial charge in [0, 0.05) is 6.42 Å². The van der Waals surface area contributed by atoms with E-state index in [0.717, 1.165) is 35.8 Å². The second-order valence-corrected chi connectivity index (χ2v) is 5.41. The van der Waals surface area contributed by atoms with Crippen molar-refractivity contribution in [3.8, 4) is 17.2 Å². The van der Waals surface area contributed by atoms with Gasteiger partial charge in [-0.05, 0) is 69.4 Å². The summed E-state index contributed by atoms with van der Waals surface area (Å²) in [4.78, 5) is 0. The molecule has 130 valence electrons. The summed E-state index contributed by atoms with van der Waals surface area (Å²) >= 11 is 0. The molecular weight excluding hydrogens is 302 g/mol. The van der Waals surface area contributed by atoms with Crippen LogP contribution < -0.4 is 19.5 Å². The van der Waals surface area contributed by atoms with Crippen molar-refractivity contribution < 1.29 is 14.2 Å². The van der Waals surface area contributed by atoms with E-state index < -0.39 is 0 Å². The minimum Gasteiger partial charge on any atom is -0.494 e. The topological polar surface area (TPSA) is 39.7 Å². The second kappa shape index (κ2) is 9.83. The average molecular weight is 329 g/mol. The summed E-state index contributed by atoms with van der Waals surface area (Å²) in [5.41, 5.74) is 1.14. The normalized spacial score (nSPS) is 11.8. The summed E-state index contributed by atoms with van der Waals surface area (Å²) in [6.07, 6.45) is 0.878. The van der Waals surface area contributed by atoms with Crippen LogP contribution in [0.3, 0.4) is 0 Å². The van der Waals surface area contributed by atoms with Crippen LogP contribution >= 0.6 is 0 Å². The Hall–Kier alpha value is -2.20. The van der Waals surface area contributed by atoms with Crippen LogP contribution in [-0.2, 0) is 0 Å². The van der Waals surface area contributed by atoms with E-state index in [1.165, 1.54) is 0 Å². The van der Waals surface area contributed by atoms with Gasteiger partial charge in [0.1, 0.15) is 23.4 Å². The Morgan fingerprint density at radius 2 is 1.29 bits per heavy atom. The maximum atomic E-state index is 6.20. The molecule has 2 aromatic rings. The summed E-state index contributed by atoms with van der Waals surface area (Å²) in [6, 6.07) is 15.9. The van der Waals surface area contributed by atoms with Crippen molar-refractivity contribution in [3.05, 3.63) is 54.1 Å². The molecule has 1 N–H and O–H groups in total. The first kappa shape index (κ1) is 18.1. The van der Waals surface area contributed by atoms with E-state index in [1.54, 1.807) is 0 Å². The third-order valence-electron chi connectivity index (χ3n) is 3.63. The smallest absolute Gasteiger partial charge is 0.125 e. The van der Waals surface area contributed by atoms with Crippen molar-refractivity contribution in [2.75, 3.05) is 26.8 Å². The number of hydrogen-bond donors (Lipinski definition) is 1. The van der Waals surface area contributed by atoms with Gasteiger partial charge in [0.2, 0.25) is 0 Å². The Kier molecular flexibility index (Phi) is 7.43. The quantitative estimate of drug-likeness (QED) is 0.709. The van der Waals surface area contributed by atoms with Crippen LogP contribution in [0.2, 0.25) is 0 Å². The molecule has 2 rings (SSSR count). The molecule has 0 saturated carbocycles. The summed E-state index contributed by atoms with van der Waals surface area (Å²) in [5, 5.41) is 3.19. The molecule has 0 bridgehead atoms. The Morgan fingerprint density at radius 1 is 0.792 bits per heavy atom. The highest BCUT2D eigenvalue weighted by Gasteiger charge is 2.13. The molecule has 0 aliphatic carbocycles. The molecule has 0 aliphatic heterocycles. The van der Waals surface area contributed by atoms with Crippen LogP contribution in [0, 0.1) is 0 Å². The standard InChI is InChI=1S/C20H27NO3/c1-4-22-17-8-6-16(7-9-17)20(14-15-21-3)24-19-12-10-18(11-13-19)23-5-2/h6-13,20-21H,4-5,14-15H2,1-3H3. The van der Waals surface area contributed by atoms with E-state index in [0.29, 0.717) is 13.2 Å². The number of rotatable bonds is 10. The summed E-state index contributed by atoms with van der Waals surface area (Å²) in [7, 11) is 1.95. The molecule has 0 saturated heterocycles. The van der Waals surface area contributed by atoms with Crippen LogP contribution in [0.5, 0.6) is 17.2 Å². The first-order chi connectivity index (χ1) is 11.8. The van der Waals surface area contributed by atoms with E-state index in [-0.39, 0.29) is 6.10 Å². The van der Waals surface area contributed by atoms with Crippen LogP contribution in [0.4, 0.5) is 0 Å². The number of benzene rings is 2. The Labute approximate surface area is 144 Å². The summed E-state index contributed by atoms with van der Waals surface area (Å²) < 4.78 is 17.2. The van der Waals surface area contributed by atoms with E-state index in [9.17, 15) is 0 Å². The molecule has 2 aromatic carbocycles. The highest BCUT2D eigenvalue weighted by atomic mass is 16.5. The van der Waals surface area contributed by atoms with Gasteiger partial charge >= 0.3 is 0 Å². The van der Waals surface area contributed by atoms with Gasteiger partial charge in [-0.25, -0.2) is 0 Å². The largest absolute Gasteiger partial charge is 0.494 e. The van der Waals surface area contributed by atoms with Gasteiger partial charge in [-0.15, -0.1) is 0 Å². The van der Waals surface area contributed by atoms with Crippen molar-refractivity contribution in [3.63, 3.8) is 0 Å². The lowest BCUT2D eigenvalue weighted by Crippen LogP contribution is -2.16. The van der Waals surface area contributed by atoms with E-state index in [4.69, 9.17) is 14.2 Å². The molecule has 1 unspecified atom stereocenters. The summed E-state index contributed by atoms with van der Waals surface area (Å²) in [6.45, 7) is 6.18. The lowest BCUT2D eigenvalue weighted by molar-refractivity contribution is 0.194. The molecule has 1 atom stereocenters. The molecule has 0 spiro atoms. The minimum absolute atomic E-state index is 0.00827. The zero-order valence-corrected chi connectivity index (χ0v) is 14.7. The van der Waals surface area contributed by atoms with Gasteiger partial charge in [-0.3, -0.25) is 0 Å². The van der Waals surface area contributed by atoms with E-state index in [2.05, 4.69) is 17.4 Å². The van der Waals surface area contributed by atoms with Crippen LogP contribution in [0.1, 0.15) is 31.9 Å². The fourth-order valence-electron chi connectivity index (χ4n) is 2.46. The van der Waals surface area contributed by atoms with Gasteiger partial charge in [0.25, 0.3) is 0 Å². The molecule has 0 aromatic heterocycles. The number of hydrogen-bond acceptors (Lipinski definition) is 4. The van der Waals surface area contributed by atoms with Crippen molar-refractivity contribution in [1.29, 1.82) is 0 Å². The van der Waals surface area contributed by atoms with Gasteiger partial charge in [0.15, 0.2) is 0 Å². The zero-order valence-electron chi connectivity index (χ0n) is 14.7. The molecule has 0 amide bonds. The highest BCUT2D eigenvalue weighted by molar-refractivity contribution is 5.33. The molecule has 0 radical (unpaired) electrons. The first-order valence-corrected chi connectivity index (χ1v) is 8.53. The summed E-state index contributed by atoms with van der Waals surface area (Å²) in [5.74, 6) is 2.58. The molecule has 0 aliphatic rings. The predicted octanol–water partition coefficient (Wildman–Crippen LogP) is 4.21. The maximum Gasteiger partial charge on any atom is 0.125 e. The first-order valence-electron chi connectivity index (χ1n) is 8.53. The van der Waals surface area contributed by atoms with Crippen LogP contribution in [0.25, 0.3) is 0 Å². The number of ether oxygens (including phenoxy) is 3. The molecule has 0 fully saturated rings. The third kappa shape index (κ3) is 5.46. The Morgan fingerprint density at radius 3 is 1.79 bits per heavy atom. The SMILES string of the molecule is CCOc1ccc(OC(CCNC)c2ccc(OCC)cc2)cc1. The zero-order chi connectivity index (χ0) is 17.2. The van der Waals surface area contributed by atoms with Gasteiger partial charge < -0.3 is 19.5 Å². The van der Waals surface area contributed by atoms with Crippen molar-refractivity contribution in [2.24, 2.45) is 0 Å². The van der Waals surface area contributed by atoms with Gasteiger partial charge in [0.05, 0.1) is 13.2 Å². The number of nitrogens with one attached hydrogen (secondary N) is 1. The monoisotopic (exact) mass is 329 g/mol. The lowest BCUT2D eigenvalue weighted by atomic mass is 10.1. The van der Waals surface area contributed by atoms with Crippen molar-refractivity contribution >= 4 is 0 Å². The van der Waals surface area contributed by atoms with E-state index >= 15 is 0 Å². The Bertz CT molecular complexity index is 581. The second-order valence-electron chi connectivity index (χ2n) is 5.41. The molecule has 0 heterocycles. The fourth-order valence-corrected chi connectivity index (χ4v) is 2.46.